The number of amides is 1. The summed E-state index contributed by atoms with van der Waals surface area (Å²) in [6, 6.07) is 14.4. The monoisotopic (exact) mass is 456 g/mol. The fraction of sp³-hybridized carbons (Fsp3) is 0.100. The molecule has 0 saturated heterocycles. The Labute approximate surface area is 181 Å². The van der Waals surface area contributed by atoms with Crippen LogP contribution in [0.5, 0.6) is 5.88 Å². The van der Waals surface area contributed by atoms with Gasteiger partial charge in [-0.2, -0.15) is 4.52 Å². The summed E-state index contributed by atoms with van der Waals surface area (Å²) in [5.74, 6) is -0.172. The van der Waals surface area contributed by atoms with Gasteiger partial charge in [0.2, 0.25) is 15.9 Å². The minimum absolute atomic E-state index is 0.0783. The van der Waals surface area contributed by atoms with Crippen LogP contribution in [-0.2, 0) is 10.0 Å². The number of nitrogens with one attached hydrogen (secondary N) is 1. The summed E-state index contributed by atoms with van der Waals surface area (Å²) in [6.07, 6.45) is 0. The average Bonchev–Trinajstić information content (AvgIpc) is 3.19. The van der Waals surface area contributed by atoms with Gasteiger partial charge in [0.1, 0.15) is 12.4 Å². The lowest BCUT2D eigenvalue weighted by atomic mass is 10.2. The summed E-state index contributed by atoms with van der Waals surface area (Å²) < 4.78 is 43.1. The molecule has 2 heterocycles. The molecule has 0 atom stereocenters. The zero-order chi connectivity index (χ0) is 22.7. The Morgan fingerprint density at radius 1 is 1.09 bits per heavy atom. The molecule has 0 saturated carbocycles. The van der Waals surface area contributed by atoms with Crippen molar-refractivity contribution in [2.24, 2.45) is 5.14 Å². The first kappa shape index (κ1) is 21.3. The molecule has 10 nitrogen and oxygen atoms in total. The van der Waals surface area contributed by atoms with Gasteiger partial charge in [-0.15, -0.1) is 15.3 Å². The molecular formula is C20H17FN6O4S. The van der Waals surface area contributed by atoms with Crippen LogP contribution in [0.3, 0.4) is 0 Å². The van der Waals surface area contributed by atoms with Crippen LogP contribution < -0.4 is 15.2 Å². The number of carbonyl (C=O) groups is 1. The molecule has 0 spiro atoms. The third-order valence-electron chi connectivity index (χ3n) is 4.40. The number of hydrogen-bond acceptors (Lipinski definition) is 7. The maximum Gasteiger partial charge on any atom is 0.251 e. The molecule has 164 valence electrons. The highest BCUT2D eigenvalue weighted by Crippen LogP contribution is 2.19. The molecule has 4 rings (SSSR count). The SMILES string of the molecule is NS(=O)(=O)c1ccc(C(=O)NCCOc2ccc3nnc(-c4cccc(F)c4)n3n2)cc1. The molecule has 2 aromatic heterocycles. The van der Waals surface area contributed by atoms with Gasteiger partial charge in [0.15, 0.2) is 11.5 Å². The first-order valence-electron chi connectivity index (χ1n) is 9.33. The number of rotatable bonds is 7. The Kier molecular flexibility index (Phi) is 5.79. The van der Waals surface area contributed by atoms with E-state index < -0.39 is 21.7 Å². The molecule has 4 aromatic rings. The van der Waals surface area contributed by atoms with Crippen molar-refractivity contribution in [3.63, 3.8) is 0 Å². The maximum absolute atomic E-state index is 13.5. The van der Waals surface area contributed by atoms with Crippen LogP contribution >= 0.6 is 0 Å². The van der Waals surface area contributed by atoms with Gasteiger partial charge in [-0.25, -0.2) is 17.9 Å². The molecule has 0 radical (unpaired) electrons. The van der Waals surface area contributed by atoms with Gasteiger partial charge in [-0.05, 0) is 42.5 Å². The molecule has 0 unspecified atom stereocenters. The Balaban J connectivity index is 1.37. The zero-order valence-electron chi connectivity index (χ0n) is 16.5. The summed E-state index contributed by atoms with van der Waals surface area (Å²) in [5, 5.41) is 20.1. The highest BCUT2D eigenvalue weighted by molar-refractivity contribution is 7.89. The summed E-state index contributed by atoms with van der Waals surface area (Å²) in [5.41, 5.74) is 1.26. The number of sulfonamides is 1. The van der Waals surface area contributed by atoms with E-state index in [0.717, 1.165) is 0 Å². The van der Waals surface area contributed by atoms with Crippen molar-refractivity contribution in [2.75, 3.05) is 13.2 Å². The molecule has 0 aliphatic heterocycles. The zero-order valence-corrected chi connectivity index (χ0v) is 17.3. The van der Waals surface area contributed by atoms with Crippen molar-refractivity contribution in [2.45, 2.75) is 4.90 Å². The third-order valence-corrected chi connectivity index (χ3v) is 5.33. The molecule has 0 aliphatic carbocycles. The molecule has 12 heteroatoms. The Morgan fingerprint density at radius 3 is 2.59 bits per heavy atom. The van der Waals surface area contributed by atoms with E-state index in [9.17, 15) is 17.6 Å². The van der Waals surface area contributed by atoms with Crippen LogP contribution in [0.4, 0.5) is 4.39 Å². The number of halogens is 1. The van der Waals surface area contributed by atoms with Crippen LogP contribution in [0.15, 0.2) is 65.6 Å². The van der Waals surface area contributed by atoms with Crippen molar-refractivity contribution in [1.82, 2.24) is 25.1 Å². The third kappa shape index (κ3) is 4.71. The minimum atomic E-state index is -3.82. The fourth-order valence-corrected chi connectivity index (χ4v) is 3.39. The maximum atomic E-state index is 13.5. The molecule has 0 fully saturated rings. The highest BCUT2D eigenvalue weighted by atomic mass is 32.2. The van der Waals surface area contributed by atoms with Gasteiger partial charge in [0.25, 0.3) is 5.91 Å². The second-order valence-electron chi connectivity index (χ2n) is 6.65. The Bertz CT molecular complexity index is 1390. The number of hydrogen-bond donors (Lipinski definition) is 2. The Morgan fingerprint density at radius 2 is 1.88 bits per heavy atom. The largest absolute Gasteiger partial charge is 0.475 e. The van der Waals surface area contributed by atoms with Crippen LogP contribution in [-0.4, -0.2) is 47.3 Å². The first-order chi connectivity index (χ1) is 15.3. The van der Waals surface area contributed by atoms with Crippen LogP contribution in [0, 0.1) is 5.82 Å². The summed E-state index contributed by atoms with van der Waals surface area (Å²) >= 11 is 0. The summed E-state index contributed by atoms with van der Waals surface area (Å²) in [6.45, 7) is 0.297. The van der Waals surface area contributed by atoms with E-state index in [1.807, 2.05) is 0 Å². The number of carbonyl (C=O) groups excluding carboxylic acids is 1. The molecule has 1 amide bonds. The standard InChI is InChI=1S/C20H17FN6O4S/c21-15-3-1-2-14(12-15)19-25-24-17-8-9-18(26-27(17)19)31-11-10-23-20(28)13-4-6-16(7-5-13)32(22,29)30/h1-9,12H,10-11H2,(H,23,28)(H2,22,29,30). The van der Waals surface area contributed by atoms with Crippen LogP contribution in [0.1, 0.15) is 10.4 Å². The van der Waals surface area contributed by atoms with Crippen LogP contribution in [0.2, 0.25) is 0 Å². The van der Waals surface area contributed by atoms with Gasteiger partial charge in [0, 0.05) is 17.2 Å². The number of nitrogens with two attached hydrogens (primary N) is 1. The number of nitrogens with zero attached hydrogens (tertiary/aromatic N) is 4. The number of ether oxygens (including phenoxy) is 1. The molecule has 0 bridgehead atoms. The molecule has 3 N–H and O–H groups in total. The van der Waals surface area contributed by atoms with Gasteiger partial charge in [-0.3, -0.25) is 4.79 Å². The minimum Gasteiger partial charge on any atom is -0.475 e. The van der Waals surface area contributed by atoms with Crippen LogP contribution in [0.25, 0.3) is 17.0 Å². The lowest BCUT2D eigenvalue weighted by molar-refractivity contribution is 0.0946. The molecule has 32 heavy (non-hydrogen) atoms. The van der Waals surface area contributed by atoms with Gasteiger partial charge >= 0.3 is 0 Å². The lowest BCUT2D eigenvalue weighted by Crippen LogP contribution is -2.28. The summed E-state index contributed by atoms with van der Waals surface area (Å²) in [7, 11) is -3.82. The van der Waals surface area contributed by atoms with Crippen molar-refractivity contribution >= 4 is 21.6 Å². The predicted molar refractivity (Wildman–Crippen MR) is 112 cm³/mol. The van der Waals surface area contributed by atoms with Gasteiger partial charge in [-0.1, -0.05) is 12.1 Å². The lowest BCUT2D eigenvalue weighted by Gasteiger charge is -2.08. The topological polar surface area (TPSA) is 142 Å². The van der Waals surface area contributed by atoms with Gasteiger partial charge in [0.05, 0.1) is 11.4 Å². The van der Waals surface area contributed by atoms with Crippen molar-refractivity contribution in [3.05, 3.63) is 72.0 Å². The molecular weight excluding hydrogens is 439 g/mol. The van der Waals surface area contributed by atoms with E-state index in [4.69, 9.17) is 9.88 Å². The number of aromatic nitrogens is 4. The predicted octanol–water partition coefficient (Wildman–Crippen LogP) is 1.39. The number of benzene rings is 2. The quantitative estimate of drug-likeness (QED) is 0.400. The molecule has 0 aliphatic rings. The van der Waals surface area contributed by atoms with Gasteiger partial charge < -0.3 is 10.1 Å². The van der Waals surface area contributed by atoms with E-state index in [1.54, 1.807) is 24.3 Å². The van der Waals surface area contributed by atoms with E-state index in [2.05, 4.69) is 20.6 Å². The Hall–Kier alpha value is -3.90. The average molecular weight is 456 g/mol. The second-order valence-corrected chi connectivity index (χ2v) is 8.21. The summed E-state index contributed by atoms with van der Waals surface area (Å²) in [4.78, 5) is 12.1. The second kappa shape index (κ2) is 8.69. The van der Waals surface area contributed by atoms with Crippen molar-refractivity contribution in [1.29, 1.82) is 0 Å². The smallest absolute Gasteiger partial charge is 0.251 e. The fourth-order valence-electron chi connectivity index (χ4n) is 2.87. The normalized spacial score (nSPS) is 11.4. The molecule has 2 aromatic carbocycles. The van der Waals surface area contributed by atoms with Crippen molar-refractivity contribution in [3.8, 4) is 17.3 Å². The number of fused-ring (bicyclic) bond motifs is 1. The first-order valence-corrected chi connectivity index (χ1v) is 10.9. The van der Waals surface area contributed by atoms with E-state index in [0.29, 0.717) is 17.0 Å². The number of primary sulfonamides is 1. The van der Waals surface area contributed by atoms with E-state index in [-0.39, 0.29) is 29.5 Å². The highest BCUT2D eigenvalue weighted by Gasteiger charge is 2.12. The van der Waals surface area contributed by atoms with E-state index in [1.165, 1.54) is 40.9 Å². The van der Waals surface area contributed by atoms with Crippen molar-refractivity contribution < 1.29 is 22.3 Å². The van der Waals surface area contributed by atoms with E-state index >= 15 is 0 Å².